The third-order valence-corrected chi connectivity index (χ3v) is 6.32. The monoisotopic (exact) mass is 498 g/mol. The molecular weight excluding hydrogens is 475 g/mol. The number of anilines is 1. The second-order valence-electron chi connectivity index (χ2n) is 7.22. The number of nitrogens with one attached hydrogen (secondary N) is 1. The normalized spacial score (nSPS) is 13.7. The Bertz CT molecular complexity index is 978. The van der Waals surface area contributed by atoms with E-state index < -0.39 is 0 Å². The fraction of sp³-hybridized carbons (Fsp3) is 0.429. The fourth-order valence-corrected chi connectivity index (χ4v) is 4.22. The summed E-state index contributed by atoms with van der Waals surface area (Å²) in [6.07, 6.45) is 0.857. The molecule has 0 spiro atoms. The first-order chi connectivity index (χ1) is 15.4. The standard InChI is InChI=1S/C21H24Cl2N4O4S/c1-2-5-27(20(30)14-3-4-16(22)17(23)10-14)12-18(28)25-21-24-15(13-32-21)11-19(29)26-6-8-31-9-7-26/h3-4,10,13H,2,5-9,11-12H2,1H3,(H,24,25,28). The maximum atomic E-state index is 12.8. The Morgan fingerprint density at radius 2 is 1.97 bits per heavy atom. The molecule has 1 aliphatic heterocycles. The molecule has 0 unspecified atom stereocenters. The van der Waals surface area contributed by atoms with Crippen molar-refractivity contribution >= 4 is 57.4 Å². The van der Waals surface area contributed by atoms with Crippen molar-refractivity contribution < 1.29 is 19.1 Å². The summed E-state index contributed by atoms with van der Waals surface area (Å²) in [7, 11) is 0. The molecule has 1 saturated heterocycles. The van der Waals surface area contributed by atoms with Gasteiger partial charge in [0.2, 0.25) is 11.8 Å². The van der Waals surface area contributed by atoms with E-state index in [1.54, 1.807) is 22.4 Å². The third kappa shape index (κ3) is 6.65. The first-order valence-corrected chi connectivity index (χ1v) is 11.8. The summed E-state index contributed by atoms with van der Waals surface area (Å²) in [5.74, 6) is -0.693. The zero-order valence-electron chi connectivity index (χ0n) is 17.6. The average Bonchev–Trinajstić information content (AvgIpc) is 3.21. The number of morpholine rings is 1. The van der Waals surface area contributed by atoms with Crippen LogP contribution < -0.4 is 5.32 Å². The molecule has 1 aromatic carbocycles. The van der Waals surface area contributed by atoms with Gasteiger partial charge in [0.15, 0.2) is 5.13 Å². The number of amides is 3. The number of hydrogen-bond donors (Lipinski definition) is 1. The number of carbonyl (C=O) groups excluding carboxylic acids is 3. The minimum atomic E-state index is -0.368. The summed E-state index contributed by atoms with van der Waals surface area (Å²) in [4.78, 5) is 45.3. The molecule has 0 bridgehead atoms. The molecule has 3 amide bonds. The molecule has 0 atom stereocenters. The van der Waals surface area contributed by atoms with Crippen molar-refractivity contribution in [2.24, 2.45) is 0 Å². The molecule has 0 aliphatic carbocycles. The first kappa shape index (κ1) is 24.4. The van der Waals surface area contributed by atoms with E-state index in [9.17, 15) is 14.4 Å². The summed E-state index contributed by atoms with van der Waals surface area (Å²) in [5, 5.41) is 5.48. The molecule has 8 nitrogen and oxygen atoms in total. The second kappa shape index (κ2) is 11.6. The molecular formula is C21H24Cl2N4O4S. The van der Waals surface area contributed by atoms with Crippen molar-refractivity contribution in [2.75, 3.05) is 44.7 Å². The number of hydrogen-bond acceptors (Lipinski definition) is 6. The van der Waals surface area contributed by atoms with Crippen molar-refractivity contribution in [1.29, 1.82) is 0 Å². The van der Waals surface area contributed by atoms with Crippen molar-refractivity contribution in [3.63, 3.8) is 0 Å². The van der Waals surface area contributed by atoms with Crippen molar-refractivity contribution in [1.82, 2.24) is 14.8 Å². The number of carbonyl (C=O) groups is 3. The van der Waals surface area contributed by atoms with Gasteiger partial charge in [-0.05, 0) is 24.6 Å². The lowest BCUT2D eigenvalue weighted by molar-refractivity contribution is -0.134. The Kier molecular flexibility index (Phi) is 8.86. The summed E-state index contributed by atoms with van der Waals surface area (Å²) in [6.45, 7) is 4.43. The fourth-order valence-electron chi connectivity index (χ4n) is 3.19. The van der Waals surface area contributed by atoms with Crippen LogP contribution in [0.5, 0.6) is 0 Å². The number of ether oxygens (including phenoxy) is 1. The summed E-state index contributed by atoms with van der Waals surface area (Å²) in [6, 6.07) is 4.62. The molecule has 1 fully saturated rings. The lowest BCUT2D eigenvalue weighted by Gasteiger charge is -2.26. The highest BCUT2D eigenvalue weighted by molar-refractivity contribution is 7.13. The van der Waals surface area contributed by atoms with E-state index in [-0.39, 0.29) is 35.7 Å². The Hall–Kier alpha value is -2.20. The van der Waals surface area contributed by atoms with Crippen LogP contribution in [0.25, 0.3) is 0 Å². The van der Waals surface area contributed by atoms with E-state index in [4.69, 9.17) is 27.9 Å². The molecule has 0 radical (unpaired) electrons. The molecule has 2 aromatic rings. The first-order valence-electron chi connectivity index (χ1n) is 10.2. The van der Waals surface area contributed by atoms with Gasteiger partial charge in [-0.25, -0.2) is 4.98 Å². The summed E-state index contributed by atoms with van der Waals surface area (Å²) in [5.41, 5.74) is 0.956. The highest BCUT2D eigenvalue weighted by Crippen LogP contribution is 2.23. The zero-order chi connectivity index (χ0) is 23.1. The minimum absolute atomic E-state index is 0.0159. The highest BCUT2D eigenvalue weighted by Gasteiger charge is 2.21. The number of benzene rings is 1. The number of thiazole rings is 1. The van der Waals surface area contributed by atoms with Crippen LogP contribution in [0.1, 0.15) is 29.4 Å². The van der Waals surface area contributed by atoms with Gasteiger partial charge < -0.3 is 19.9 Å². The van der Waals surface area contributed by atoms with Gasteiger partial charge in [0.1, 0.15) is 6.54 Å². The topological polar surface area (TPSA) is 91.8 Å². The number of halogens is 2. The van der Waals surface area contributed by atoms with Gasteiger partial charge in [-0.3, -0.25) is 14.4 Å². The Morgan fingerprint density at radius 3 is 2.66 bits per heavy atom. The lowest BCUT2D eigenvalue weighted by atomic mass is 10.2. The molecule has 3 rings (SSSR count). The number of nitrogens with zero attached hydrogens (tertiary/aromatic N) is 3. The average molecular weight is 499 g/mol. The van der Waals surface area contributed by atoms with Gasteiger partial charge in [0.05, 0.1) is 35.4 Å². The van der Waals surface area contributed by atoms with E-state index in [0.29, 0.717) is 60.7 Å². The van der Waals surface area contributed by atoms with Gasteiger partial charge in [-0.15, -0.1) is 11.3 Å². The second-order valence-corrected chi connectivity index (χ2v) is 8.89. The van der Waals surface area contributed by atoms with E-state index in [1.807, 2.05) is 6.92 Å². The van der Waals surface area contributed by atoms with E-state index in [1.165, 1.54) is 22.3 Å². The van der Waals surface area contributed by atoms with Gasteiger partial charge in [0, 0.05) is 30.6 Å². The van der Waals surface area contributed by atoms with Crippen LogP contribution in [-0.2, 0) is 20.7 Å². The summed E-state index contributed by atoms with van der Waals surface area (Å²) < 4.78 is 5.26. The molecule has 1 aromatic heterocycles. The van der Waals surface area contributed by atoms with Crippen molar-refractivity contribution in [2.45, 2.75) is 19.8 Å². The number of rotatable bonds is 8. The molecule has 172 valence electrons. The largest absolute Gasteiger partial charge is 0.378 e. The van der Waals surface area contributed by atoms with Crippen LogP contribution in [0.4, 0.5) is 5.13 Å². The van der Waals surface area contributed by atoms with Gasteiger partial charge in [-0.1, -0.05) is 30.1 Å². The predicted molar refractivity (Wildman–Crippen MR) is 125 cm³/mol. The van der Waals surface area contributed by atoms with E-state index in [2.05, 4.69) is 10.3 Å². The third-order valence-electron chi connectivity index (χ3n) is 4.78. The van der Waals surface area contributed by atoms with Crippen molar-refractivity contribution in [3.8, 4) is 0 Å². The lowest BCUT2D eigenvalue weighted by Crippen LogP contribution is -2.41. The minimum Gasteiger partial charge on any atom is -0.378 e. The molecule has 1 N–H and O–H groups in total. The molecule has 0 saturated carbocycles. The summed E-state index contributed by atoms with van der Waals surface area (Å²) >= 11 is 13.2. The van der Waals surface area contributed by atoms with Crippen molar-refractivity contribution in [3.05, 3.63) is 44.9 Å². The molecule has 11 heteroatoms. The van der Waals surface area contributed by atoms with E-state index in [0.717, 1.165) is 0 Å². The Labute approximate surface area is 200 Å². The quantitative estimate of drug-likeness (QED) is 0.602. The van der Waals surface area contributed by atoms with Crippen LogP contribution >= 0.6 is 34.5 Å². The number of aromatic nitrogens is 1. The van der Waals surface area contributed by atoms with Crippen LogP contribution in [0.2, 0.25) is 10.0 Å². The van der Waals surface area contributed by atoms with Gasteiger partial charge >= 0.3 is 0 Å². The zero-order valence-corrected chi connectivity index (χ0v) is 19.9. The van der Waals surface area contributed by atoms with Crippen LogP contribution in [0.3, 0.4) is 0 Å². The highest BCUT2D eigenvalue weighted by atomic mass is 35.5. The molecule has 2 heterocycles. The van der Waals surface area contributed by atoms with E-state index >= 15 is 0 Å². The van der Waals surface area contributed by atoms with Crippen LogP contribution in [-0.4, -0.2) is 71.9 Å². The Morgan fingerprint density at radius 1 is 1.22 bits per heavy atom. The van der Waals surface area contributed by atoms with Crippen LogP contribution in [0, 0.1) is 0 Å². The van der Waals surface area contributed by atoms with Gasteiger partial charge in [-0.2, -0.15) is 0 Å². The maximum Gasteiger partial charge on any atom is 0.254 e. The predicted octanol–water partition coefficient (Wildman–Crippen LogP) is 3.34. The van der Waals surface area contributed by atoms with Crippen LogP contribution in [0.15, 0.2) is 23.6 Å². The molecule has 32 heavy (non-hydrogen) atoms. The smallest absolute Gasteiger partial charge is 0.254 e. The molecule has 1 aliphatic rings. The SMILES string of the molecule is CCCN(CC(=O)Nc1nc(CC(=O)N2CCOCC2)cs1)C(=O)c1ccc(Cl)c(Cl)c1. The maximum absolute atomic E-state index is 12.8. The Balaban J connectivity index is 1.57. The van der Waals surface area contributed by atoms with Gasteiger partial charge in [0.25, 0.3) is 5.91 Å².